The van der Waals surface area contributed by atoms with Crippen LogP contribution in [0.1, 0.15) is 5.56 Å². The molecule has 0 aliphatic rings. The van der Waals surface area contributed by atoms with Gasteiger partial charge in [-0.25, -0.2) is 0 Å². The Balaban J connectivity index is -0.0000000800. The van der Waals surface area contributed by atoms with Crippen molar-refractivity contribution in [3.05, 3.63) is 29.8 Å². The minimum absolute atomic E-state index is 0. The highest BCUT2D eigenvalue weighted by molar-refractivity contribution is 5.75. The van der Waals surface area contributed by atoms with E-state index in [-0.39, 0.29) is 22.5 Å². The Kier molecular flexibility index (Phi) is 18.5. The standard InChI is InChI=1S/C7H9N.BH3.3FH/c1-6-2-4-7(8)5-3-6;;;;/h2-5H,8H2,1H3;1H3;3*1H. The highest BCUT2D eigenvalue weighted by Crippen LogP contribution is 2.02. The topological polar surface area (TPSA) is 26.0 Å². The molecule has 0 saturated carbocycles. The fraction of sp³-hybridized carbons (Fsp3) is 0.143. The SMILES string of the molecule is B.Cc1ccc(N)cc1.F.F.F. The third-order valence-corrected chi connectivity index (χ3v) is 1.08. The molecule has 5 heteroatoms. The molecule has 1 nitrogen and oxygen atoms in total. The molecule has 0 atom stereocenters. The molecule has 0 heterocycles. The number of anilines is 1. The second kappa shape index (κ2) is 9.87. The van der Waals surface area contributed by atoms with Crippen LogP contribution >= 0.6 is 0 Å². The van der Waals surface area contributed by atoms with Gasteiger partial charge in [-0.3, -0.25) is 14.1 Å². The summed E-state index contributed by atoms with van der Waals surface area (Å²) in [5, 5.41) is 0. The third-order valence-electron chi connectivity index (χ3n) is 1.08. The van der Waals surface area contributed by atoms with Gasteiger partial charge >= 0.3 is 0 Å². The maximum Gasteiger partial charge on any atom is 0.0814 e. The zero-order valence-electron chi connectivity index (χ0n) is 6.11. The number of rotatable bonds is 0. The largest absolute Gasteiger partial charge is 0.399 e. The van der Waals surface area contributed by atoms with Crippen LogP contribution in [0.5, 0.6) is 0 Å². The van der Waals surface area contributed by atoms with E-state index in [0.29, 0.717) is 0 Å². The second-order valence-electron chi connectivity index (χ2n) is 1.91. The average molecular weight is 181 g/mol. The molecule has 0 amide bonds. The highest BCUT2D eigenvalue weighted by atomic mass is 19.0. The zero-order valence-corrected chi connectivity index (χ0v) is 6.11. The van der Waals surface area contributed by atoms with Crippen LogP contribution in [0.3, 0.4) is 0 Å². The van der Waals surface area contributed by atoms with Crippen molar-refractivity contribution in [3.8, 4) is 0 Å². The first-order valence-electron chi connectivity index (χ1n) is 2.61. The van der Waals surface area contributed by atoms with Crippen molar-refractivity contribution in [2.24, 2.45) is 0 Å². The lowest BCUT2D eigenvalue weighted by Gasteiger charge is -1.90. The molecule has 1 aromatic rings. The maximum absolute atomic E-state index is 5.43. The summed E-state index contributed by atoms with van der Waals surface area (Å²) in [4.78, 5) is 0. The Morgan fingerprint density at radius 1 is 0.917 bits per heavy atom. The summed E-state index contributed by atoms with van der Waals surface area (Å²) in [7, 11) is 0. The Morgan fingerprint density at radius 2 is 1.25 bits per heavy atom. The molecule has 12 heavy (non-hydrogen) atoms. The predicted octanol–water partition coefficient (Wildman–Crippen LogP) is 0.851. The van der Waals surface area contributed by atoms with Crippen LogP contribution in [-0.2, 0) is 0 Å². The van der Waals surface area contributed by atoms with E-state index in [1.165, 1.54) is 5.56 Å². The number of hydrogen-bond donors (Lipinski definition) is 1. The summed E-state index contributed by atoms with van der Waals surface area (Å²) >= 11 is 0. The van der Waals surface area contributed by atoms with Crippen LogP contribution in [0.4, 0.5) is 19.8 Å². The fourth-order valence-corrected chi connectivity index (χ4v) is 0.566. The van der Waals surface area contributed by atoms with Gasteiger partial charge in [0, 0.05) is 5.69 Å². The van der Waals surface area contributed by atoms with Gasteiger partial charge in [-0.2, -0.15) is 0 Å². The number of halogens is 3. The smallest absolute Gasteiger partial charge is 0.0814 e. The van der Waals surface area contributed by atoms with E-state index in [1.807, 2.05) is 31.2 Å². The van der Waals surface area contributed by atoms with Gasteiger partial charge < -0.3 is 5.73 Å². The Hall–Kier alpha value is -1.13. The van der Waals surface area contributed by atoms with Gasteiger partial charge in [0.1, 0.15) is 0 Å². The van der Waals surface area contributed by atoms with Crippen molar-refractivity contribution in [2.75, 3.05) is 5.73 Å². The van der Waals surface area contributed by atoms with Gasteiger partial charge in [0.2, 0.25) is 0 Å². The van der Waals surface area contributed by atoms with E-state index in [1.54, 1.807) is 0 Å². The first-order valence-corrected chi connectivity index (χ1v) is 2.61. The summed E-state index contributed by atoms with van der Waals surface area (Å²) < 4.78 is 0. The van der Waals surface area contributed by atoms with Crippen LogP contribution in [0.2, 0.25) is 0 Å². The molecule has 2 N–H and O–H groups in total. The molecule has 0 bridgehead atoms. The van der Waals surface area contributed by atoms with Crippen molar-refractivity contribution < 1.29 is 14.1 Å². The van der Waals surface area contributed by atoms with Crippen LogP contribution in [0.25, 0.3) is 0 Å². The van der Waals surface area contributed by atoms with E-state index in [0.717, 1.165) is 5.69 Å². The van der Waals surface area contributed by atoms with E-state index in [9.17, 15) is 0 Å². The molecular formula is C7H15BF3N. The first-order chi connectivity index (χ1) is 3.79. The minimum atomic E-state index is 0. The van der Waals surface area contributed by atoms with E-state index in [2.05, 4.69) is 0 Å². The molecule has 0 saturated heterocycles. The van der Waals surface area contributed by atoms with Crippen molar-refractivity contribution >= 4 is 14.1 Å². The summed E-state index contributed by atoms with van der Waals surface area (Å²) in [6.07, 6.45) is 0. The average Bonchev–Trinajstić information content (AvgIpc) is 1.77. The monoisotopic (exact) mass is 181 g/mol. The van der Waals surface area contributed by atoms with Crippen molar-refractivity contribution in [1.29, 1.82) is 0 Å². The lowest BCUT2D eigenvalue weighted by Crippen LogP contribution is -1.81. The Bertz CT molecular complexity index is 158. The van der Waals surface area contributed by atoms with Crippen LogP contribution in [-0.4, -0.2) is 8.41 Å². The summed E-state index contributed by atoms with van der Waals surface area (Å²) in [6, 6.07) is 7.79. The van der Waals surface area contributed by atoms with E-state index in [4.69, 9.17) is 5.73 Å². The van der Waals surface area contributed by atoms with Crippen molar-refractivity contribution in [3.63, 3.8) is 0 Å². The minimum Gasteiger partial charge on any atom is -0.399 e. The molecule has 0 aromatic heterocycles. The van der Waals surface area contributed by atoms with E-state index >= 15 is 0 Å². The Morgan fingerprint density at radius 3 is 1.50 bits per heavy atom. The van der Waals surface area contributed by atoms with Crippen LogP contribution < -0.4 is 5.73 Å². The van der Waals surface area contributed by atoms with Crippen molar-refractivity contribution in [1.82, 2.24) is 0 Å². The number of nitrogens with two attached hydrogens (primary N) is 1. The molecule has 1 aromatic carbocycles. The molecule has 0 radical (unpaired) electrons. The van der Waals surface area contributed by atoms with Gasteiger partial charge in [0.05, 0.1) is 8.41 Å². The molecule has 0 fully saturated rings. The molecule has 72 valence electrons. The quantitative estimate of drug-likeness (QED) is 0.466. The predicted molar refractivity (Wildman–Crippen MR) is 53.0 cm³/mol. The highest BCUT2D eigenvalue weighted by Gasteiger charge is 1.80. The van der Waals surface area contributed by atoms with Crippen molar-refractivity contribution in [2.45, 2.75) is 6.92 Å². The lowest BCUT2D eigenvalue weighted by atomic mass is 10.2. The van der Waals surface area contributed by atoms with Gasteiger partial charge in [-0.15, -0.1) is 0 Å². The van der Waals surface area contributed by atoms with Gasteiger partial charge in [-0.1, -0.05) is 17.7 Å². The molecular weight excluding hydrogens is 166 g/mol. The van der Waals surface area contributed by atoms with Gasteiger partial charge in [0.25, 0.3) is 0 Å². The van der Waals surface area contributed by atoms with Gasteiger partial charge in [0.15, 0.2) is 0 Å². The zero-order chi connectivity index (χ0) is 5.98. The normalized spacial score (nSPS) is 6.08. The summed E-state index contributed by atoms with van der Waals surface area (Å²) in [5.41, 5.74) is 7.51. The van der Waals surface area contributed by atoms with E-state index < -0.39 is 0 Å². The third kappa shape index (κ3) is 6.99. The Labute approximate surface area is 71.6 Å². The molecule has 0 aliphatic carbocycles. The number of hydrogen-bond acceptors (Lipinski definition) is 1. The number of benzene rings is 1. The molecule has 0 aliphatic heterocycles. The summed E-state index contributed by atoms with van der Waals surface area (Å²) in [5.74, 6) is 0. The van der Waals surface area contributed by atoms with Crippen LogP contribution in [0.15, 0.2) is 24.3 Å². The number of aryl methyl sites for hydroxylation is 1. The first kappa shape index (κ1) is 22.4. The fourth-order valence-electron chi connectivity index (χ4n) is 0.566. The van der Waals surface area contributed by atoms with Gasteiger partial charge in [-0.05, 0) is 19.1 Å². The molecule has 0 spiro atoms. The molecule has 0 unspecified atom stereocenters. The molecule has 1 rings (SSSR count). The van der Waals surface area contributed by atoms with Crippen LogP contribution in [0, 0.1) is 6.92 Å². The number of nitrogen functional groups attached to an aromatic ring is 1. The maximum atomic E-state index is 5.43. The summed E-state index contributed by atoms with van der Waals surface area (Å²) in [6.45, 7) is 2.04. The second-order valence-corrected chi connectivity index (χ2v) is 1.91. The lowest BCUT2D eigenvalue weighted by molar-refractivity contribution is 1.11.